The largest absolute Gasteiger partial charge is 0.444 e. The van der Waals surface area contributed by atoms with Crippen LogP contribution in [0, 0.1) is 6.92 Å². The molecule has 1 saturated heterocycles. The average molecular weight is 493 g/mol. The number of carbonyl (C=O) groups is 1. The second-order valence-corrected chi connectivity index (χ2v) is 7.56. The first kappa shape index (κ1) is 23.4. The average Bonchev–Trinajstić information content (AvgIpc) is 2.89. The van der Waals surface area contributed by atoms with Gasteiger partial charge in [0.15, 0.2) is 11.8 Å². The van der Waals surface area contributed by atoms with Gasteiger partial charge in [0.25, 0.3) is 0 Å². The number of halogens is 1. The van der Waals surface area contributed by atoms with E-state index in [2.05, 4.69) is 25.8 Å². The molecular weight excluding hydrogens is 461 g/mol. The van der Waals surface area contributed by atoms with E-state index in [1.807, 2.05) is 39.3 Å². The summed E-state index contributed by atoms with van der Waals surface area (Å²) in [6.07, 6.45) is 1.64. The molecule has 1 atom stereocenters. The van der Waals surface area contributed by atoms with E-state index < -0.39 is 5.60 Å². The van der Waals surface area contributed by atoms with Gasteiger partial charge in [0, 0.05) is 33.2 Å². The number of carbonyl (C=O) groups excluding carboxylic acids is 1. The van der Waals surface area contributed by atoms with Gasteiger partial charge in [-0.05, 0) is 40.5 Å². The molecule has 0 saturated carbocycles. The van der Waals surface area contributed by atoms with Crippen molar-refractivity contribution in [3.8, 4) is 0 Å². The number of hydrogen-bond acceptors (Lipinski definition) is 5. The van der Waals surface area contributed by atoms with Crippen molar-refractivity contribution in [2.24, 2.45) is 12.0 Å². The molecule has 10 heteroatoms. The fourth-order valence-corrected chi connectivity index (χ4v) is 2.74. The predicted molar refractivity (Wildman–Crippen MR) is 115 cm³/mol. The fourth-order valence-electron chi connectivity index (χ4n) is 2.74. The van der Waals surface area contributed by atoms with Crippen molar-refractivity contribution >= 4 is 36.0 Å². The minimum absolute atomic E-state index is 0. The molecule has 0 spiro atoms. The van der Waals surface area contributed by atoms with Crippen molar-refractivity contribution in [2.75, 3.05) is 20.1 Å². The molecule has 1 aliphatic heterocycles. The number of ether oxygens (including phenoxy) is 1. The van der Waals surface area contributed by atoms with Gasteiger partial charge in [0.05, 0.1) is 6.54 Å². The summed E-state index contributed by atoms with van der Waals surface area (Å²) in [5.74, 6) is 2.39. The minimum atomic E-state index is -0.483. The number of piperidine rings is 1. The number of aromatic nitrogens is 3. The highest BCUT2D eigenvalue weighted by atomic mass is 127. The maximum atomic E-state index is 12.3. The van der Waals surface area contributed by atoms with E-state index in [4.69, 9.17) is 4.74 Å². The highest BCUT2D eigenvalue weighted by Gasteiger charge is 2.28. The standard InChI is InChI=1S/C17H31N7O2.HI/c1-12-21-22-14(23(12)6)10-19-15(18-5)20-13-8-7-9-24(11-13)16(25)26-17(2,3)4;/h13H,7-11H2,1-6H3,(H2,18,19,20);1H. The van der Waals surface area contributed by atoms with E-state index in [-0.39, 0.29) is 36.1 Å². The molecule has 2 rings (SSSR count). The Morgan fingerprint density at radius 3 is 2.63 bits per heavy atom. The number of nitrogens with one attached hydrogen (secondary N) is 2. The number of nitrogens with zero attached hydrogens (tertiary/aromatic N) is 5. The maximum absolute atomic E-state index is 12.3. The Morgan fingerprint density at radius 2 is 2.07 bits per heavy atom. The Hall–Kier alpha value is -1.59. The molecule has 1 aromatic heterocycles. The van der Waals surface area contributed by atoms with E-state index in [1.54, 1.807) is 11.9 Å². The van der Waals surface area contributed by atoms with Crippen molar-refractivity contribution in [2.45, 2.75) is 58.7 Å². The van der Waals surface area contributed by atoms with Crippen molar-refractivity contribution in [3.63, 3.8) is 0 Å². The molecule has 1 unspecified atom stereocenters. The molecule has 154 valence electrons. The summed E-state index contributed by atoms with van der Waals surface area (Å²) in [4.78, 5) is 18.3. The van der Waals surface area contributed by atoms with Crippen LogP contribution in [0.1, 0.15) is 45.3 Å². The quantitative estimate of drug-likeness (QED) is 0.379. The van der Waals surface area contributed by atoms with Crippen LogP contribution < -0.4 is 10.6 Å². The number of aryl methyl sites for hydroxylation is 1. The molecule has 9 nitrogen and oxygen atoms in total. The third-order valence-corrected chi connectivity index (χ3v) is 4.23. The molecule has 0 bridgehead atoms. The van der Waals surface area contributed by atoms with Crippen molar-refractivity contribution in [3.05, 3.63) is 11.6 Å². The van der Waals surface area contributed by atoms with Crippen molar-refractivity contribution in [1.82, 2.24) is 30.3 Å². The number of aliphatic imine (C=N–C) groups is 1. The summed E-state index contributed by atoms with van der Waals surface area (Å²) in [5.41, 5.74) is -0.483. The molecule has 1 fully saturated rings. The zero-order valence-corrected chi connectivity index (χ0v) is 19.4. The van der Waals surface area contributed by atoms with Gasteiger partial charge in [0.2, 0.25) is 0 Å². The predicted octanol–water partition coefficient (Wildman–Crippen LogP) is 1.81. The molecule has 0 radical (unpaired) electrons. The summed E-state index contributed by atoms with van der Waals surface area (Å²) in [6.45, 7) is 9.39. The molecular formula is C17H32IN7O2. The fraction of sp³-hybridized carbons (Fsp3) is 0.765. The van der Waals surface area contributed by atoms with Gasteiger partial charge in [-0.15, -0.1) is 34.2 Å². The summed E-state index contributed by atoms with van der Waals surface area (Å²) in [5, 5.41) is 14.8. The highest BCUT2D eigenvalue weighted by molar-refractivity contribution is 14.0. The summed E-state index contributed by atoms with van der Waals surface area (Å²) < 4.78 is 7.41. The van der Waals surface area contributed by atoms with Crippen molar-refractivity contribution < 1.29 is 9.53 Å². The molecule has 1 aromatic rings. The molecule has 2 heterocycles. The smallest absolute Gasteiger partial charge is 0.410 e. The summed E-state index contributed by atoms with van der Waals surface area (Å²) in [6, 6.07) is 0.128. The Kier molecular flexibility index (Phi) is 8.76. The first-order valence-electron chi connectivity index (χ1n) is 8.99. The van der Waals surface area contributed by atoms with E-state index in [0.29, 0.717) is 19.0 Å². The molecule has 2 N–H and O–H groups in total. The van der Waals surface area contributed by atoms with Crippen LogP contribution in [0.15, 0.2) is 4.99 Å². The van der Waals surface area contributed by atoms with Crippen LogP contribution in [0.3, 0.4) is 0 Å². The Balaban J connectivity index is 0.00000364. The number of hydrogen-bond donors (Lipinski definition) is 2. The SMILES string of the molecule is CN=C(NCc1nnc(C)n1C)NC1CCCN(C(=O)OC(C)(C)C)C1.I. The van der Waals surface area contributed by atoms with Crippen LogP contribution in [0.25, 0.3) is 0 Å². The topological polar surface area (TPSA) is 96.7 Å². The van der Waals surface area contributed by atoms with E-state index in [9.17, 15) is 4.79 Å². The number of rotatable bonds is 3. The van der Waals surface area contributed by atoms with Gasteiger partial charge < -0.3 is 24.8 Å². The van der Waals surface area contributed by atoms with E-state index >= 15 is 0 Å². The van der Waals surface area contributed by atoms with Crippen LogP contribution in [0.5, 0.6) is 0 Å². The third-order valence-electron chi connectivity index (χ3n) is 4.23. The Bertz CT molecular complexity index is 654. The zero-order valence-electron chi connectivity index (χ0n) is 17.1. The monoisotopic (exact) mass is 493 g/mol. The second-order valence-electron chi connectivity index (χ2n) is 7.56. The molecule has 1 amide bonds. The van der Waals surface area contributed by atoms with Gasteiger partial charge in [-0.3, -0.25) is 4.99 Å². The lowest BCUT2D eigenvalue weighted by atomic mass is 10.1. The second kappa shape index (κ2) is 10.1. The number of guanidine groups is 1. The molecule has 0 aromatic carbocycles. The van der Waals surface area contributed by atoms with Crippen LogP contribution in [-0.2, 0) is 18.3 Å². The van der Waals surface area contributed by atoms with Crippen LogP contribution >= 0.6 is 24.0 Å². The Labute approximate surface area is 178 Å². The lowest BCUT2D eigenvalue weighted by Crippen LogP contribution is -2.53. The van der Waals surface area contributed by atoms with Gasteiger partial charge in [0.1, 0.15) is 11.4 Å². The van der Waals surface area contributed by atoms with Crippen molar-refractivity contribution in [1.29, 1.82) is 0 Å². The third kappa shape index (κ3) is 7.15. The van der Waals surface area contributed by atoms with Gasteiger partial charge in [-0.25, -0.2) is 4.79 Å². The lowest BCUT2D eigenvalue weighted by molar-refractivity contribution is 0.0193. The first-order valence-corrected chi connectivity index (χ1v) is 8.99. The normalized spacial score (nSPS) is 17.9. The minimum Gasteiger partial charge on any atom is -0.444 e. The van der Waals surface area contributed by atoms with Crippen LogP contribution in [0.2, 0.25) is 0 Å². The maximum Gasteiger partial charge on any atom is 0.410 e. The molecule has 27 heavy (non-hydrogen) atoms. The lowest BCUT2D eigenvalue weighted by Gasteiger charge is -2.35. The van der Waals surface area contributed by atoms with E-state index in [1.165, 1.54) is 0 Å². The van der Waals surface area contributed by atoms with Gasteiger partial charge >= 0.3 is 6.09 Å². The van der Waals surface area contributed by atoms with Crippen LogP contribution in [-0.4, -0.2) is 63.5 Å². The zero-order chi connectivity index (χ0) is 19.3. The molecule has 1 aliphatic rings. The van der Waals surface area contributed by atoms with Gasteiger partial charge in [-0.1, -0.05) is 0 Å². The first-order chi connectivity index (χ1) is 12.2. The number of amides is 1. The Morgan fingerprint density at radius 1 is 1.37 bits per heavy atom. The molecule has 0 aliphatic carbocycles. The summed E-state index contributed by atoms with van der Waals surface area (Å²) in [7, 11) is 3.66. The van der Waals surface area contributed by atoms with E-state index in [0.717, 1.165) is 31.0 Å². The van der Waals surface area contributed by atoms with Crippen LogP contribution in [0.4, 0.5) is 4.79 Å². The highest BCUT2D eigenvalue weighted by Crippen LogP contribution is 2.15. The van der Waals surface area contributed by atoms with Gasteiger partial charge in [-0.2, -0.15) is 0 Å². The summed E-state index contributed by atoms with van der Waals surface area (Å²) >= 11 is 0. The number of likely N-dealkylation sites (tertiary alicyclic amines) is 1.